The summed E-state index contributed by atoms with van der Waals surface area (Å²) in [6, 6.07) is 8.68. The normalized spacial score (nSPS) is 15.6. The van der Waals surface area contributed by atoms with Crippen LogP contribution in [0, 0.1) is 0 Å². The molecule has 0 atom stereocenters. The number of ketones is 1. The van der Waals surface area contributed by atoms with Gasteiger partial charge in [-0.1, -0.05) is 35.4 Å². The Morgan fingerprint density at radius 2 is 1.71 bits per heavy atom. The first-order chi connectivity index (χ1) is 6.79. The van der Waals surface area contributed by atoms with Crippen molar-refractivity contribution in [1.29, 1.82) is 0 Å². The maximum absolute atomic E-state index is 11.3. The van der Waals surface area contributed by atoms with E-state index in [2.05, 4.69) is 15.4 Å². The molecule has 0 saturated heterocycles. The lowest BCUT2D eigenvalue weighted by Gasteiger charge is -2.02. The Bertz CT molecular complexity index is 448. The van der Waals surface area contributed by atoms with Gasteiger partial charge in [0.15, 0.2) is 0 Å². The van der Waals surface area contributed by atoms with Crippen LogP contribution in [-0.4, -0.2) is 17.4 Å². The van der Waals surface area contributed by atoms with Gasteiger partial charge in [-0.25, -0.2) is 0 Å². The molecule has 5 nitrogen and oxygen atoms in total. The second kappa shape index (κ2) is 3.29. The van der Waals surface area contributed by atoms with Crippen LogP contribution in [-0.2, 0) is 9.59 Å². The first-order valence-corrected chi connectivity index (χ1v) is 3.92. The summed E-state index contributed by atoms with van der Waals surface area (Å²) < 4.78 is 0. The number of amides is 1. The predicted octanol–water partition coefficient (Wildman–Crippen LogP) is 0.952. The standard InChI is InChI=1S/C9H5N3O2/c13-8-7(10-12-11-9(8)14)6-4-2-1-3-5-6/h1-5H. The van der Waals surface area contributed by atoms with Crippen LogP contribution >= 0.6 is 0 Å². The molecule has 1 aliphatic heterocycles. The van der Waals surface area contributed by atoms with Gasteiger partial charge in [-0.15, -0.1) is 5.10 Å². The molecule has 0 saturated carbocycles. The summed E-state index contributed by atoms with van der Waals surface area (Å²) in [4.78, 5) is 22.2. The molecule has 0 aromatic heterocycles. The van der Waals surface area contributed by atoms with Crippen LogP contribution in [0.1, 0.15) is 5.56 Å². The monoisotopic (exact) mass is 187 g/mol. The zero-order valence-corrected chi connectivity index (χ0v) is 7.04. The first kappa shape index (κ1) is 8.43. The van der Waals surface area contributed by atoms with Crippen LogP contribution in [0.3, 0.4) is 0 Å². The van der Waals surface area contributed by atoms with E-state index in [1.165, 1.54) is 0 Å². The highest BCUT2D eigenvalue weighted by molar-refractivity contribution is 6.68. The third-order valence-corrected chi connectivity index (χ3v) is 1.74. The van der Waals surface area contributed by atoms with Crippen molar-refractivity contribution in [2.24, 2.45) is 15.4 Å². The Kier molecular flexibility index (Phi) is 1.98. The first-order valence-electron chi connectivity index (χ1n) is 3.92. The minimum atomic E-state index is -0.876. The molecule has 0 aliphatic carbocycles. The molecule has 1 amide bonds. The van der Waals surface area contributed by atoms with E-state index >= 15 is 0 Å². The third kappa shape index (κ3) is 1.35. The van der Waals surface area contributed by atoms with E-state index in [0.29, 0.717) is 5.56 Å². The summed E-state index contributed by atoms with van der Waals surface area (Å²) in [7, 11) is 0. The molecule has 1 aromatic rings. The number of hydrogen-bond acceptors (Lipinski definition) is 4. The third-order valence-electron chi connectivity index (χ3n) is 1.74. The molecular weight excluding hydrogens is 182 g/mol. The highest BCUT2D eigenvalue weighted by Crippen LogP contribution is 2.07. The quantitative estimate of drug-likeness (QED) is 0.614. The fourth-order valence-corrected chi connectivity index (χ4v) is 1.08. The summed E-state index contributed by atoms with van der Waals surface area (Å²) in [5.74, 6) is -1.59. The number of rotatable bonds is 1. The SMILES string of the molecule is O=C1N=NN=C(c2ccccc2)C1=O. The number of Topliss-reactive ketones (excluding diaryl/α,β-unsaturated/α-hetero) is 1. The van der Waals surface area contributed by atoms with Gasteiger partial charge in [-0.3, -0.25) is 9.59 Å². The van der Waals surface area contributed by atoms with Gasteiger partial charge in [-0.2, -0.15) is 0 Å². The van der Waals surface area contributed by atoms with E-state index < -0.39 is 11.7 Å². The van der Waals surface area contributed by atoms with Crippen molar-refractivity contribution in [2.45, 2.75) is 0 Å². The van der Waals surface area contributed by atoms with Gasteiger partial charge >= 0.3 is 5.91 Å². The zero-order valence-electron chi connectivity index (χ0n) is 7.04. The lowest BCUT2D eigenvalue weighted by molar-refractivity contribution is -0.132. The van der Waals surface area contributed by atoms with Gasteiger partial charge in [0.1, 0.15) is 5.71 Å². The highest BCUT2D eigenvalue weighted by atomic mass is 16.2. The molecule has 1 aromatic carbocycles. The van der Waals surface area contributed by atoms with Crippen molar-refractivity contribution in [1.82, 2.24) is 0 Å². The Labute approximate surface area is 79.2 Å². The molecule has 0 N–H and O–H groups in total. The van der Waals surface area contributed by atoms with Gasteiger partial charge in [0, 0.05) is 5.56 Å². The minimum Gasteiger partial charge on any atom is -0.281 e. The molecule has 1 heterocycles. The average molecular weight is 187 g/mol. The fraction of sp³-hybridized carbons (Fsp3) is 0. The van der Waals surface area contributed by atoms with Crippen molar-refractivity contribution >= 4 is 17.4 Å². The smallest absolute Gasteiger partial charge is 0.281 e. The van der Waals surface area contributed by atoms with Crippen molar-refractivity contribution in [3.05, 3.63) is 35.9 Å². The molecule has 0 fully saturated rings. The lowest BCUT2D eigenvalue weighted by atomic mass is 10.1. The topological polar surface area (TPSA) is 71.2 Å². The van der Waals surface area contributed by atoms with E-state index in [1.54, 1.807) is 30.3 Å². The summed E-state index contributed by atoms with van der Waals surface area (Å²) in [5.41, 5.74) is 0.620. The van der Waals surface area contributed by atoms with Crippen LogP contribution in [0.15, 0.2) is 45.8 Å². The van der Waals surface area contributed by atoms with Crippen molar-refractivity contribution in [2.75, 3.05) is 0 Å². The summed E-state index contributed by atoms with van der Waals surface area (Å²) in [6.07, 6.45) is 0. The Morgan fingerprint density at radius 1 is 1.00 bits per heavy atom. The molecule has 1 aliphatic rings. The van der Waals surface area contributed by atoms with Gasteiger partial charge in [-0.05, 0) is 5.22 Å². The molecule has 0 unspecified atom stereocenters. The number of benzene rings is 1. The maximum Gasteiger partial charge on any atom is 0.339 e. The van der Waals surface area contributed by atoms with Crippen LogP contribution in [0.2, 0.25) is 0 Å². The molecule has 0 bridgehead atoms. The zero-order chi connectivity index (χ0) is 9.97. The molecular formula is C9H5N3O2. The van der Waals surface area contributed by atoms with Crippen molar-refractivity contribution in [3.8, 4) is 0 Å². The maximum atomic E-state index is 11.3. The molecule has 0 radical (unpaired) electrons. The van der Waals surface area contributed by atoms with Crippen molar-refractivity contribution in [3.63, 3.8) is 0 Å². The number of nitrogens with zero attached hydrogens (tertiary/aromatic N) is 3. The van der Waals surface area contributed by atoms with Crippen LogP contribution in [0.25, 0.3) is 0 Å². The largest absolute Gasteiger partial charge is 0.339 e. The average Bonchev–Trinajstić information content (AvgIpc) is 2.23. The van der Waals surface area contributed by atoms with E-state index in [9.17, 15) is 9.59 Å². The summed E-state index contributed by atoms with van der Waals surface area (Å²) in [5, 5.41) is 9.78. The number of carbonyl (C=O) groups is 2. The van der Waals surface area contributed by atoms with Crippen LogP contribution in [0.4, 0.5) is 0 Å². The molecule has 5 heteroatoms. The Morgan fingerprint density at radius 3 is 2.43 bits per heavy atom. The van der Waals surface area contributed by atoms with Gasteiger partial charge in [0.2, 0.25) is 0 Å². The molecule has 2 rings (SSSR count). The van der Waals surface area contributed by atoms with Gasteiger partial charge in [0.25, 0.3) is 5.78 Å². The number of hydrogen-bond donors (Lipinski definition) is 0. The Balaban J connectivity index is 2.45. The molecule has 68 valence electrons. The van der Waals surface area contributed by atoms with E-state index in [-0.39, 0.29) is 5.71 Å². The van der Waals surface area contributed by atoms with Gasteiger partial charge < -0.3 is 0 Å². The van der Waals surface area contributed by atoms with Crippen molar-refractivity contribution < 1.29 is 9.59 Å². The number of carbonyl (C=O) groups excluding carboxylic acids is 2. The van der Waals surface area contributed by atoms with E-state index in [1.807, 2.05) is 0 Å². The second-order valence-corrected chi connectivity index (χ2v) is 2.64. The second-order valence-electron chi connectivity index (χ2n) is 2.64. The van der Waals surface area contributed by atoms with E-state index in [0.717, 1.165) is 0 Å². The summed E-state index contributed by atoms with van der Waals surface area (Å²) >= 11 is 0. The fourth-order valence-electron chi connectivity index (χ4n) is 1.08. The summed E-state index contributed by atoms with van der Waals surface area (Å²) in [6.45, 7) is 0. The molecule has 0 spiro atoms. The van der Waals surface area contributed by atoms with Crippen LogP contribution < -0.4 is 0 Å². The predicted molar refractivity (Wildman–Crippen MR) is 47.8 cm³/mol. The Hall–Kier alpha value is -2.17. The minimum absolute atomic E-state index is 0.0469. The van der Waals surface area contributed by atoms with Crippen LogP contribution in [0.5, 0.6) is 0 Å². The molecule has 14 heavy (non-hydrogen) atoms. The van der Waals surface area contributed by atoms with E-state index in [4.69, 9.17) is 0 Å². The lowest BCUT2D eigenvalue weighted by Crippen LogP contribution is -2.25. The highest BCUT2D eigenvalue weighted by Gasteiger charge is 2.24. The van der Waals surface area contributed by atoms with Gasteiger partial charge in [0.05, 0.1) is 0 Å².